The second kappa shape index (κ2) is 4.55. The fraction of sp³-hybridized carbons (Fsp3) is 0.300. The molecule has 1 fully saturated rings. The molecule has 5 heteroatoms. The predicted molar refractivity (Wildman–Crippen MR) is 61.6 cm³/mol. The van der Waals surface area contributed by atoms with Crippen LogP contribution in [0.4, 0.5) is 0 Å². The quantitative estimate of drug-likeness (QED) is 0.929. The number of ether oxygens (including phenoxy) is 1. The van der Waals surface area contributed by atoms with Crippen LogP contribution in [0.2, 0.25) is 0 Å². The maximum atomic E-state index is 10.8. The fourth-order valence-electron chi connectivity index (χ4n) is 1.23. The lowest BCUT2D eigenvalue weighted by atomic mass is 10.2. The molecule has 1 aromatic carbocycles. The molecule has 3 nitrogen and oxygen atoms in total. The van der Waals surface area contributed by atoms with Gasteiger partial charge in [-0.05, 0) is 18.2 Å². The van der Waals surface area contributed by atoms with E-state index < -0.39 is 5.97 Å². The van der Waals surface area contributed by atoms with E-state index in [0.29, 0.717) is 10.8 Å². The normalized spacial score (nSPS) is 16.1. The Kier molecular flexibility index (Phi) is 3.33. The van der Waals surface area contributed by atoms with Crippen molar-refractivity contribution in [2.45, 2.75) is 10.1 Å². The summed E-state index contributed by atoms with van der Waals surface area (Å²) >= 11 is 4.96. The Morgan fingerprint density at radius 1 is 1.47 bits per heavy atom. The number of benzene rings is 1. The van der Waals surface area contributed by atoms with Crippen LogP contribution in [0.1, 0.15) is 10.4 Å². The highest BCUT2D eigenvalue weighted by molar-refractivity contribution is 9.10. The van der Waals surface area contributed by atoms with Gasteiger partial charge >= 0.3 is 5.97 Å². The number of carboxylic acids is 1. The summed E-state index contributed by atoms with van der Waals surface area (Å²) in [6.45, 7) is 1.50. The first-order valence-electron chi connectivity index (χ1n) is 4.43. The van der Waals surface area contributed by atoms with Crippen LogP contribution in [-0.4, -0.2) is 29.5 Å². The molecule has 15 heavy (non-hydrogen) atoms. The first-order chi connectivity index (χ1) is 7.15. The Morgan fingerprint density at radius 2 is 2.20 bits per heavy atom. The van der Waals surface area contributed by atoms with E-state index in [9.17, 15) is 4.79 Å². The number of thioether (sulfide) groups is 1. The zero-order valence-corrected chi connectivity index (χ0v) is 10.2. The topological polar surface area (TPSA) is 46.5 Å². The third-order valence-corrected chi connectivity index (χ3v) is 3.60. The van der Waals surface area contributed by atoms with Gasteiger partial charge in [0.1, 0.15) is 0 Å². The monoisotopic (exact) mass is 288 g/mol. The van der Waals surface area contributed by atoms with Gasteiger partial charge in [-0.1, -0.05) is 15.9 Å². The SMILES string of the molecule is O=C(O)c1cc(Br)cc(SC2COC2)c1. The van der Waals surface area contributed by atoms with Crippen molar-refractivity contribution < 1.29 is 14.6 Å². The summed E-state index contributed by atoms with van der Waals surface area (Å²) in [4.78, 5) is 11.8. The molecule has 0 bridgehead atoms. The number of hydrogen-bond acceptors (Lipinski definition) is 3. The first kappa shape index (κ1) is 11.0. The molecule has 0 amide bonds. The molecule has 0 unspecified atom stereocenters. The molecule has 0 radical (unpaired) electrons. The number of carboxylic acid groups (broad SMARTS) is 1. The molecule has 1 aromatic rings. The predicted octanol–water partition coefficient (Wildman–Crippen LogP) is 2.64. The molecule has 0 aliphatic carbocycles. The van der Waals surface area contributed by atoms with E-state index in [-0.39, 0.29) is 0 Å². The molecule has 2 rings (SSSR count). The van der Waals surface area contributed by atoms with Gasteiger partial charge < -0.3 is 9.84 Å². The zero-order chi connectivity index (χ0) is 10.8. The van der Waals surface area contributed by atoms with E-state index in [0.717, 1.165) is 22.6 Å². The van der Waals surface area contributed by atoms with Crippen LogP contribution in [-0.2, 0) is 4.74 Å². The second-order valence-corrected chi connectivity index (χ2v) is 5.55. The van der Waals surface area contributed by atoms with Gasteiger partial charge in [0.15, 0.2) is 0 Å². The third-order valence-electron chi connectivity index (χ3n) is 2.03. The molecule has 1 N–H and O–H groups in total. The average molecular weight is 289 g/mol. The minimum atomic E-state index is -0.900. The van der Waals surface area contributed by atoms with Gasteiger partial charge in [-0.2, -0.15) is 0 Å². The third kappa shape index (κ3) is 2.74. The van der Waals surface area contributed by atoms with Crippen LogP contribution in [0, 0.1) is 0 Å². The van der Waals surface area contributed by atoms with E-state index in [1.54, 1.807) is 23.9 Å². The van der Waals surface area contributed by atoms with Crippen LogP contribution < -0.4 is 0 Å². The van der Waals surface area contributed by atoms with Crippen molar-refractivity contribution in [3.05, 3.63) is 28.2 Å². The van der Waals surface area contributed by atoms with Crippen LogP contribution in [0.25, 0.3) is 0 Å². The van der Waals surface area contributed by atoms with E-state index in [2.05, 4.69) is 15.9 Å². The Hall–Kier alpha value is -0.520. The summed E-state index contributed by atoms with van der Waals surface area (Å²) in [6.07, 6.45) is 0. The van der Waals surface area contributed by atoms with Crippen molar-refractivity contribution in [2.75, 3.05) is 13.2 Å². The Morgan fingerprint density at radius 3 is 2.73 bits per heavy atom. The minimum absolute atomic E-state index is 0.312. The lowest BCUT2D eigenvalue weighted by molar-refractivity contribution is 0.0455. The highest BCUT2D eigenvalue weighted by atomic mass is 79.9. The highest BCUT2D eigenvalue weighted by Crippen LogP contribution is 2.30. The summed E-state index contributed by atoms with van der Waals surface area (Å²) < 4.78 is 5.86. The fourth-order valence-corrected chi connectivity index (χ4v) is 2.98. The van der Waals surface area contributed by atoms with Crippen LogP contribution >= 0.6 is 27.7 Å². The van der Waals surface area contributed by atoms with Crippen molar-refractivity contribution in [3.63, 3.8) is 0 Å². The second-order valence-electron chi connectivity index (χ2n) is 3.26. The summed E-state index contributed by atoms with van der Waals surface area (Å²) in [6, 6.07) is 5.22. The Bertz CT molecular complexity index is 390. The molecular weight excluding hydrogens is 280 g/mol. The molecule has 1 heterocycles. The number of rotatable bonds is 3. The van der Waals surface area contributed by atoms with Crippen LogP contribution in [0.15, 0.2) is 27.6 Å². The number of hydrogen-bond donors (Lipinski definition) is 1. The van der Waals surface area contributed by atoms with Gasteiger partial charge in [-0.15, -0.1) is 11.8 Å². The molecule has 80 valence electrons. The first-order valence-corrected chi connectivity index (χ1v) is 6.11. The van der Waals surface area contributed by atoms with Crippen LogP contribution in [0.3, 0.4) is 0 Å². The molecule has 0 aromatic heterocycles. The maximum Gasteiger partial charge on any atom is 0.335 e. The van der Waals surface area contributed by atoms with Gasteiger partial charge in [0.25, 0.3) is 0 Å². The minimum Gasteiger partial charge on any atom is -0.478 e. The van der Waals surface area contributed by atoms with Gasteiger partial charge in [0.2, 0.25) is 0 Å². The molecule has 1 saturated heterocycles. The number of halogens is 1. The molecule has 1 aliphatic heterocycles. The Labute approximate surface area is 99.9 Å². The van der Waals surface area contributed by atoms with E-state index in [1.165, 1.54) is 0 Å². The molecule has 0 spiro atoms. The largest absolute Gasteiger partial charge is 0.478 e. The van der Waals surface area contributed by atoms with Crippen molar-refractivity contribution in [1.82, 2.24) is 0 Å². The highest BCUT2D eigenvalue weighted by Gasteiger charge is 2.20. The zero-order valence-electron chi connectivity index (χ0n) is 7.77. The lowest BCUT2D eigenvalue weighted by Gasteiger charge is -2.25. The molecule has 0 atom stereocenters. The van der Waals surface area contributed by atoms with Crippen molar-refractivity contribution >= 4 is 33.7 Å². The van der Waals surface area contributed by atoms with Crippen molar-refractivity contribution in [1.29, 1.82) is 0 Å². The van der Waals surface area contributed by atoms with Crippen LogP contribution in [0.5, 0.6) is 0 Å². The van der Waals surface area contributed by atoms with Gasteiger partial charge in [-0.25, -0.2) is 4.79 Å². The summed E-state index contributed by atoms with van der Waals surface area (Å²) in [5.74, 6) is -0.900. The number of aromatic carboxylic acids is 1. The Balaban J connectivity index is 2.18. The van der Waals surface area contributed by atoms with E-state index >= 15 is 0 Å². The molecule has 1 aliphatic rings. The van der Waals surface area contributed by atoms with E-state index in [1.807, 2.05) is 6.07 Å². The van der Waals surface area contributed by atoms with Gasteiger partial charge in [0, 0.05) is 9.37 Å². The molecule has 0 saturated carbocycles. The standard InChI is InChI=1S/C10H9BrO3S/c11-7-1-6(10(12)13)2-8(3-7)15-9-4-14-5-9/h1-3,9H,4-5H2,(H,12,13). The number of carbonyl (C=O) groups is 1. The van der Waals surface area contributed by atoms with Gasteiger partial charge in [-0.3, -0.25) is 0 Å². The smallest absolute Gasteiger partial charge is 0.335 e. The lowest BCUT2D eigenvalue weighted by Crippen LogP contribution is -2.30. The summed E-state index contributed by atoms with van der Waals surface area (Å²) in [5.41, 5.74) is 0.312. The average Bonchev–Trinajstić information content (AvgIpc) is 2.10. The summed E-state index contributed by atoms with van der Waals surface area (Å²) in [7, 11) is 0. The van der Waals surface area contributed by atoms with Crippen molar-refractivity contribution in [2.24, 2.45) is 0 Å². The van der Waals surface area contributed by atoms with Crippen molar-refractivity contribution in [3.8, 4) is 0 Å². The van der Waals surface area contributed by atoms with Gasteiger partial charge in [0.05, 0.1) is 24.0 Å². The summed E-state index contributed by atoms with van der Waals surface area (Å²) in [5, 5.41) is 9.34. The molecular formula is C10H9BrO3S. The van der Waals surface area contributed by atoms with E-state index in [4.69, 9.17) is 9.84 Å². The maximum absolute atomic E-state index is 10.8.